The summed E-state index contributed by atoms with van der Waals surface area (Å²) in [7, 11) is 1.56. The molecule has 37 heavy (non-hydrogen) atoms. The van der Waals surface area contributed by atoms with Crippen molar-refractivity contribution >= 4 is 29.4 Å². The molecule has 1 atom stereocenters. The van der Waals surface area contributed by atoms with Crippen LogP contribution in [0.5, 0.6) is 17.2 Å². The van der Waals surface area contributed by atoms with E-state index in [1.54, 1.807) is 73.8 Å². The highest BCUT2D eigenvalue weighted by molar-refractivity contribution is 6.00. The average Bonchev–Trinajstić information content (AvgIpc) is 3.33. The number of nitrogens with zero attached hydrogens (tertiary/aromatic N) is 1. The van der Waals surface area contributed by atoms with E-state index in [9.17, 15) is 19.2 Å². The van der Waals surface area contributed by atoms with Crippen molar-refractivity contribution in [1.82, 2.24) is 10.9 Å². The largest absolute Gasteiger partial charge is 0.493 e. The highest BCUT2D eigenvalue weighted by Gasteiger charge is 2.36. The number of carbonyl (C=O) groups is 4. The Morgan fingerprint density at radius 1 is 0.892 bits per heavy atom. The molecule has 3 amide bonds. The summed E-state index contributed by atoms with van der Waals surface area (Å²) in [4.78, 5) is 50.4. The lowest BCUT2D eigenvalue weighted by molar-refractivity contribution is -0.152. The standard InChI is InChI=1S/C27H25N3O7/c1-35-22-9-5-6-10-23(22)37-21-13-11-20(12-14-21)30-16-19(15-25(30)32)27(34)36-17-24(31)28-29-26(33)18-7-3-2-4-8-18/h2-14,19H,15-17H2,1H3,(H,28,31)(H,29,33)/t19-/m0/s1. The lowest BCUT2D eigenvalue weighted by Crippen LogP contribution is -2.43. The van der Waals surface area contributed by atoms with Crippen molar-refractivity contribution in [3.63, 3.8) is 0 Å². The maximum absolute atomic E-state index is 12.5. The summed E-state index contributed by atoms with van der Waals surface area (Å²) in [5.74, 6) is -1.13. The number of rotatable bonds is 8. The quantitative estimate of drug-likeness (QED) is 0.358. The Kier molecular flexibility index (Phi) is 7.99. The van der Waals surface area contributed by atoms with Crippen molar-refractivity contribution in [3.05, 3.63) is 84.4 Å². The molecule has 0 bridgehead atoms. The number of methoxy groups -OCH3 is 1. The van der Waals surface area contributed by atoms with E-state index in [-0.39, 0.29) is 18.9 Å². The number of anilines is 1. The summed E-state index contributed by atoms with van der Waals surface area (Å²) < 4.78 is 16.2. The van der Waals surface area contributed by atoms with Gasteiger partial charge in [-0.05, 0) is 48.5 Å². The Morgan fingerprint density at radius 2 is 1.57 bits per heavy atom. The van der Waals surface area contributed by atoms with E-state index in [1.165, 1.54) is 4.90 Å². The highest BCUT2D eigenvalue weighted by atomic mass is 16.5. The number of amides is 3. The van der Waals surface area contributed by atoms with E-state index in [0.717, 1.165) is 0 Å². The second-order valence-corrected chi connectivity index (χ2v) is 8.13. The van der Waals surface area contributed by atoms with Gasteiger partial charge in [-0.15, -0.1) is 0 Å². The molecule has 0 aromatic heterocycles. The number of ether oxygens (including phenoxy) is 3. The normalized spacial score (nSPS) is 14.6. The highest BCUT2D eigenvalue weighted by Crippen LogP contribution is 2.33. The summed E-state index contributed by atoms with van der Waals surface area (Å²) >= 11 is 0. The molecule has 0 unspecified atom stereocenters. The predicted octanol–water partition coefficient (Wildman–Crippen LogP) is 2.84. The van der Waals surface area contributed by atoms with Crippen LogP contribution in [0.4, 0.5) is 5.69 Å². The van der Waals surface area contributed by atoms with Gasteiger partial charge in [-0.2, -0.15) is 0 Å². The molecule has 1 aliphatic heterocycles. The van der Waals surface area contributed by atoms with Crippen molar-refractivity contribution in [3.8, 4) is 17.2 Å². The topological polar surface area (TPSA) is 123 Å². The first-order chi connectivity index (χ1) is 17.9. The van der Waals surface area contributed by atoms with Crippen LogP contribution in [0, 0.1) is 5.92 Å². The smallest absolute Gasteiger partial charge is 0.311 e. The SMILES string of the molecule is COc1ccccc1Oc1ccc(N2C[C@@H](C(=O)OCC(=O)NNC(=O)c3ccccc3)CC2=O)cc1. The fourth-order valence-electron chi connectivity index (χ4n) is 3.72. The summed E-state index contributed by atoms with van der Waals surface area (Å²) in [6, 6.07) is 22.4. The lowest BCUT2D eigenvalue weighted by atomic mass is 10.1. The number of hydrazine groups is 1. The third-order valence-electron chi connectivity index (χ3n) is 5.60. The molecule has 1 saturated heterocycles. The van der Waals surface area contributed by atoms with Crippen LogP contribution in [-0.4, -0.2) is 44.0 Å². The Morgan fingerprint density at radius 3 is 2.27 bits per heavy atom. The molecule has 3 aromatic rings. The van der Waals surface area contributed by atoms with Gasteiger partial charge in [0.25, 0.3) is 11.8 Å². The number of benzene rings is 3. The van der Waals surface area contributed by atoms with E-state index in [4.69, 9.17) is 14.2 Å². The first kappa shape index (κ1) is 25.2. The van der Waals surface area contributed by atoms with Gasteiger partial charge in [0.1, 0.15) is 5.75 Å². The molecule has 0 saturated carbocycles. The maximum Gasteiger partial charge on any atom is 0.311 e. The van der Waals surface area contributed by atoms with E-state index >= 15 is 0 Å². The maximum atomic E-state index is 12.5. The van der Waals surface area contributed by atoms with Crippen LogP contribution in [-0.2, 0) is 19.1 Å². The zero-order valence-corrected chi connectivity index (χ0v) is 20.0. The van der Waals surface area contributed by atoms with E-state index in [1.807, 2.05) is 12.1 Å². The molecule has 0 radical (unpaired) electrons. The minimum Gasteiger partial charge on any atom is -0.493 e. The van der Waals surface area contributed by atoms with E-state index in [2.05, 4.69) is 10.9 Å². The van der Waals surface area contributed by atoms with Crippen molar-refractivity contribution in [2.45, 2.75) is 6.42 Å². The number of carbonyl (C=O) groups excluding carboxylic acids is 4. The van der Waals surface area contributed by atoms with Crippen LogP contribution in [0.2, 0.25) is 0 Å². The summed E-state index contributed by atoms with van der Waals surface area (Å²) in [5.41, 5.74) is 5.40. The summed E-state index contributed by atoms with van der Waals surface area (Å²) in [5, 5.41) is 0. The molecular weight excluding hydrogens is 478 g/mol. The minimum atomic E-state index is -0.719. The number of hydrogen-bond acceptors (Lipinski definition) is 7. The molecule has 1 aliphatic rings. The predicted molar refractivity (Wildman–Crippen MR) is 133 cm³/mol. The Balaban J connectivity index is 1.25. The van der Waals surface area contributed by atoms with Crippen molar-refractivity contribution in [2.24, 2.45) is 5.92 Å². The molecular formula is C27H25N3O7. The summed E-state index contributed by atoms with van der Waals surface area (Å²) in [6.45, 7) is -0.468. The second-order valence-electron chi connectivity index (χ2n) is 8.13. The molecule has 10 heteroatoms. The molecule has 0 spiro atoms. The van der Waals surface area contributed by atoms with Gasteiger partial charge in [-0.3, -0.25) is 30.0 Å². The van der Waals surface area contributed by atoms with E-state index in [0.29, 0.717) is 28.5 Å². The van der Waals surface area contributed by atoms with Gasteiger partial charge in [-0.1, -0.05) is 30.3 Å². The van der Waals surface area contributed by atoms with Crippen LogP contribution in [0.25, 0.3) is 0 Å². The average molecular weight is 504 g/mol. The fourth-order valence-corrected chi connectivity index (χ4v) is 3.72. The third-order valence-corrected chi connectivity index (χ3v) is 5.60. The van der Waals surface area contributed by atoms with Gasteiger partial charge in [0.15, 0.2) is 18.1 Å². The number of para-hydroxylation sites is 2. The molecule has 4 rings (SSSR count). The monoisotopic (exact) mass is 503 g/mol. The molecule has 1 fully saturated rings. The van der Waals surface area contributed by atoms with Gasteiger partial charge < -0.3 is 19.1 Å². The first-order valence-electron chi connectivity index (χ1n) is 11.5. The zero-order valence-electron chi connectivity index (χ0n) is 20.0. The van der Waals surface area contributed by atoms with Crippen LogP contribution in [0.15, 0.2) is 78.9 Å². The van der Waals surface area contributed by atoms with Gasteiger partial charge in [0, 0.05) is 24.2 Å². The Labute approximate surface area is 213 Å². The van der Waals surface area contributed by atoms with Gasteiger partial charge >= 0.3 is 5.97 Å². The minimum absolute atomic E-state index is 0.0370. The second kappa shape index (κ2) is 11.7. The number of nitrogens with one attached hydrogen (secondary N) is 2. The molecule has 1 heterocycles. The Bertz CT molecular complexity index is 1280. The van der Waals surface area contributed by atoms with Crippen LogP contribution in [0.1, 0.15) is 16.8 Å². The molecule has 2 N–H and O–H groups in total. The van der Waals surface area contributed by atoms with Crippen molar-refractivity contribution < 1.29 is 33.4 Å². The van der Waals surface area contributed by atoms with Crippen molar-refractivity contribution in [1.29, 1.82) is 0 Å². The molecule has 10 nitrogen and oxygen atoms in total. The van der Waals surface area contributed by atoms with Gasteiger partial charge in [-0.25, -0.2) is 0 Å². The van der Waals surface area contributed by atoms with Crippen LogP contribution < -0.4 is 25.2 Å². The van der Waals surface area contributed by atoms with Crippen LogP contribution >= 0.6 is 0 Å². The number of esters is 1. The zero-order chi connectivity index (χ0) is 26.2. The van der Waals surface area contributed by atoms with Crippen molar-refractivity contribution in [2.75, 3.05) is 25.2 Å². The van der Waals surface area contributed by atoms with Gasteiger partial charge in [0.2, 0.25) is 5.91 Å². The number of hydrogen-bond donors (Lipinski definition) is 2. The Hall–Kier alpha value is -4.86. The lowest BCUT2D eigenvalue weighted by Gasteiger charge is -2.17. The third kappa shape index (κ3) is 6.43. The molecule has 190 valence electrons. The van der Waals surface area contributed by atoms with Crippen LogP contribution in [0.3, 0.4) is 0 Å². The molecule has 3 aromatic carbocycles. The van der Waals surface area contributed by atoms with E-state index < -0.39 is 30.3 Å². The molecule has 0 aliphatic carbocycles. The first-order valence-corrected chi connectivity index (χ1v) is 11.5. The summed E-state index contributed by atoms with van der Waals surface area (Å²) in [6.07, 6.45) is -0.0370. The fraction of sp³-hybridized carbons (Fsp3) is 0.185. The van der Waals surface area contributed by atoms with Gasteiger partial charge in [0.05, 0.1) is 13.0 Å².